The Kier molecular flexibility index (Phi) is 6.91. The van der Waals surface area contributed by atoms with E-state index in [9.17, 15) is 4.79 Å². The number of piperidine rings is 1. The van der Waals surface area contributed by atoms with Gasteiger partial charge in [0.25, 0.3) is 5.91 Å². The molecule has 0 spiro atoms. The highest BCUT2D eigenvalue weighted by molar-refractivity contribution is 5.95. The third kappa shape index (κ3) is 5.50. The van der Waals surface area contributed by atoms with Gasteiger partial charge in [-0.1, -0.05) is 18.2 Å². The molecule has 1 aliphatic heterocycles. The minimum Gasteiger partial charge on any atom is -0.496 e. The van der Waals surface area contributed by atoms with Crippen LogP contribution in [0.25, 0.3) is 0 Å². The topological polar surface area (TPSA) is 85.2 Å². The highest BCUT2D eigenvalue weighted by Gasteiger charge is 2.24. The SMILES string of the molecule is COc1ccccc1CNC(=O)c1cn(C)nc1CC1CCN(c2cc(C)nc(C)n2)CC1. The van der Waals surface area contributed by atoms with Crippen molar-refractivity contribution in [2.24, 2.45) is 13.0 Å². The lowest BCUT2D eigenvalue weighted by Gasteiger charge is -2.32. The Bertz CT molecular complexity index is 1100. The summed E-state index contributed by atoms with van der Waals surface area (Å²) in [5, 5.41) is 7.64. The largest absolute Gasteiger partial charge is 0.496 e. The summed E-state index contributed by atoms with van der Waals surface area (Å²) in [5.41, 5.74) is 3.46. The van der Waals surface area contributed by atoms with Crippen LogP contribution >= 0.6 is 0 Å². The Balaban J connectivity index is 1.37. The van der Waals surface area contributed by atoms with Gasteiger partial charge in [0, 0.05) is 50.2 Å². The molecule has 1 aromatic carbocycles. The molecule has 1 aliphatic rings. The number of benzene rings is 1. The average molecular weight is 449 g/mol. The summed E-state index contributed by atoms with van der Waals surface area (Å²) >= 11 is 0. The summed E-state index contributed by atoms with van der Waals surface area (Å²) in [5.74, 6) is 2.97. The van der Waals surface area contributed by atoms with E-state index in [1.807, 2.05) is 51.4 Å². The fourth-order valence-electron chi connectivity index (χ4n) is 4.49. The number of methoxy groups -OCH3 is 1. The van der Waals surface area contributed by atoms with Gasteiger partial charge >= 0.3 is 0 Å². The van der Waals surface area contributed by atoms with E-state index in [4.69, 9.17) is 4.74 Å². The minimum atomic E-state index is -0.103. The van der Waals surface area contributed by atoms with Crippen molar-refractivity contribution in [1.82, 2.24) is 25.1 Å². The quantitative estimate of drug-likeness (QED) is 0.597. The molecular formula is C25H32N6O2. The number of para-hydroxylation sites is 1. The monoisotopic (exact) mass is 448 g/mol. The van der Waals surface area contributed by atoms with Crippen molar-refractivity contribution in [3.05, 3.63) is 64.9 Å². The molecule has 0 radical (unpaired) electrons. The Hall–Kier alpha value is -3.42. The van der Waals surface area contributed by atoms with E-state index in [-0.39, 0.29) is 5.91 Å². The second kappa shape index (κ2) is 10.0. The summed E-state index contributed by atoms with van der Waals surface area (Å²) in [4.78, 5) is 24.3. The fraction of sp³-hybridized carbons (Fsp3) is 0.440. The number of nitrogens with one attached hydrogen (secondary N) is 1. The molecule has 1 saturated heterocycles. The van der Waals surface area contributed by atoms with Gasteiger partial charge in [-0.05, 0) is 45.1 Å². The third-order valence-corrected chi connectivity index (χ3v) is 6.15. The van der Waals surface area contributed by atoms with Gasteiger partial charge in [0.1, 0.15) is 17.4 Å². The highest BCUT2D eigenvalue weighted by Crippen LogP contribution is 2.26. The van der Waals surface area contributed by atoms with E-state index in [1.54, 1.807) is 11.8 Å². The first-order valence-corrected chi connectivity index (χ1v) is 11.4. The maximum atomic E-state index is 13.0. The number of hydrogen-bond acceptors (Lipinski definition) is 6. The molecule has 1 N–H and O–H groups in total. The van der Waals surface area contributed by atoms with E-state index < -0.39 is 0 Å². The van der Waals surface area contributed by atoms with Gasteiger partial charge in [0.15, 0.2) is 0 Å². The third-order valence-electron chi connectivity index (χ3n) is 6.15. The Morgan fingerprint density at radius 1 is 1.18 bits per heavy atom. The molecule has 3 aromatic rings. The number of hydrogen-bond donors (Lipinski definition) is 1. The summed E-state index contributed by atoms with van der Waals surface area (Å²) < 4.78 is 7.12. The molecule has 0 atom stereocenters. The maximum Gasteiger partial charge on any atom is 0.255 e. The first-order valence-electron chi connectivity index (χ1n) is 11.4. The van der Waals surface area contributed by atoms with Crippen LogP contribution in [0.1, 0.15) is 46.0 Å². The first kappa shape index (κ1) is 22.8. The molecule has 8 nitrogen and oxygen atoms in total. The van der Waals surface area contributed by atoms with Gasteiger partial charge in [-0.15, -0.1) is 0 Å². The molecule has 1 fully saturated rings. The van der Waals surface area contributed by atoms with Crippen molar-refractivity contribution in [3.8, 4) is 5.75 Å². The van der Waals surface area contributed by atoms with E-state index >= 15 is 0 Å². The number of carbonyl (C=O) groups excluding carboxylic acids is 1. The zero-order chi connectivity index (χ0) is 23.4. The van der Waals surface area contributed by atoms with Crippen molar-refractivity contribution in [1.29, 1.82) is 0 Å². The number of aromatic nitrogens is 4. The molecular weight excluding hydrogens is 416 g/mol. The Labute approximate surface area is 195 Å². The predicted octanol–water partition coefficient (Wildman–Crippen LogP) is 3.22. The van der Waals surface area contributed by atoms with Gasteiger partial charge in [0.2, 0.25) is 0 Å². The van der Waals surface area contributed by atoms with Crippen LogP contribution in [-0.2, 0) is 20.0 Å². The zero-order valence-electron chi connectivity index (χ0n) is 19.8. The summed E-state index contributed by atoms with van der Waals surface area (Å²) in [6.07, 6.45) is 4.70. The number of carbonyl (C=O) groups is 1. The van der Waals surface area contributed by atoms with E-state index in [2.05, 4.69) is 31.3 Å². The highest BCUT2D eigenvalue weighted by atomic mass is 16.5. The lowest BCUT2D eigenvalue weighted by Crippen LogP contribution is -2.35. The lowest BCUT2D eigenvalue weighted by atomic mass is 9.91. The number of anilines is 1. The molecule has 0 bridgehead atoms. The molecule has 8 heteroatoms. The number of rotatable bonds is 7. The van der Waals surface area contributed by atoms with Crippen molar-refractivity contribution in [2.75, 3.05) is 25.1 Å². The molecule has 33 heavy (non-hydrogen) atoms. The molecule has 2 aromatic heterocycles. The van der Waals surface area contributed by atoms with E-state index in [1.165, 1.54) is 0 Å². The van der Waals surface area contributed by atoms with Gasteiger partial charge in [-0.25, -0.2) is 9.97 Å². The number of nitrogens with zero attached hydrogens (tertiary/aromatic N) is 5. The summed E-state index contributed by atoms with van der Waals surface area (Å²) in [7, 11) is 3.50. The second-order valence-corrected chi connectivity index (χ2v) is 8.71. The lowest BCUT2D eigenvalue weighted by molar-refractivity contribution is 0.0949. The fourth-order valence-corrected chi connectivity index (χ4v) is 4.49. The standard InChI is InChI=1S/C25H32N6O2/c1-17-13-24(28-18(2)27-17)31-11-9-19(10-12-31)14-22-21(16-30(3)29-22)25(32)26-15-20-7-5-6-8-23(20)33-4/h5-8,13,16,19H,9-12,14-15H2,1-4H3,(H,26,32). The zero-order valence-corrected chi connectivity index (χ0v) is 19.8. The molecule has 0 saturated carbocycles. The number of ether oxygens (including phenoxy) is 1. The molecule has 4 rings (SSSR count). The maximum absolute atomic E-state index is 13.0. The predicted molar refractivity (Wildman–Crippen MR) is 128 cm³/mol. The normalized spacial score (nSPS) is 14.4. The second-order valence-electron chi connectivity index (χ2n) is 8.71. The van der Waals surface area contributed by atoms with Crippen molar-refractivity contribution in [2.45, 2.75) is 39.7 Å². The van der Waals surface area contributed by atoms with E-state index in [0.717, 1.165) is 66.7 Å². The van der Waals surface area contributed by atoms with Crippen LogP contribution in [-0.4, -0.2) is 45.9 Å². The summed E-state index contributed by atoms with van der Waals surface area (Å²) in [6.45, 7) is 6.25. The smallest absolute Gasteiger partial charge is 0.255 e. The van der Waals surface area contributed by atoms with Gasteiger partial charge in [-0.3, -0.25) is 9.48 Å². The van der Waals surface area contributed by atoms with Crippen LogP contribution in [0.3, 0.4) is 0 Å². The van der Waals surface area contributed by atoms with Gasteiger partial charge in [-0.2, -0.15) is 5.10 Å². The van der Waals surface area contributed by atoms with Gasteiger partial charge in [0.05, 0.1) is 18.4 Å². The van der Waals surface area contributed by atoms with Crippen LogP contribution in [0.4, 0.5) is 5.82 Å². The Morgan fingerprint density at radius 3 is 2.67 bits per heavy atom. The molecule has 1 amide bonds. The Morgan fingerprint density at radius 2 is 1.94 bits per heavy atom. The molecule has 3 heterocycles. The van der Waals surface area contributed by atoms with Crippen LogP contribution in [0, 0.1) is 19.8 Å². The van der Waals surface area contributed by atoms with Crippen LogP contribution < -0.4 is 15.0 Å². The van der Waals surface area contributed by atoms with Crippen molar-refractivity contribution < 1.29 is 9.53 Å². The van der Waals surface area contributed by atoms with Gasteiger partial charge < -0.3 is 15.0 Å². The number of aryl methyl sites for hydroxylation is 3. The first-order chi connectivity index (χ1) is 15.9. The van der Waals surface area contributed by atoms with Crippen molar-refractivity contribution >= 4 is 11.7 Å². The minimum absolute atomic E-state index is 0.103. The average Bonchev–Trinajstić information content (AvgIpc) is 3.17. The van der Waals surface area contributed by atoms with Crippen LogP contribution in [0.15, 0.2) is 36.5 Å². The van der Waals surface area contributed by atoms with Crippen LogP contribution in [0.2, 0.25) is 0 Å². The molecule has 174 valence electrons. The summed E-state index contributed by atoms with van der Waals surface area (Å²) in [6, 6.07) is 9.76. The molecule has 0 unspecified atom stereocenters. The van der Waals surface area contributed by atoms with E-state index in [0.29, 0.717) is 18.0 Å². The molecule has 0 aliphatic carbocycles. The van der Waals surface area contributed by atoms with Crippen molar-refractivity contribution in [3.63, 3.8) is 0 Å². The van der Waals surface area contributed by atoms with Crippen LogP contribution in [0.5, 0.6) is 5.75 Å². The number of amides is 1.